The van der Waals surface area contributed by atoms with Gasteiger partial charge in [-0.05, 0) is 19.9 Å². The van der Waals surface area contributed by atoms with Crippen LogP contribution in [0.3, 0.4) is 0 Å². The number of carbonyl (C=O) groups excluding carboxylic acids is 3. The number of hydrogen-bond acceptors (Lipinski definition) is 6. The van der Waals surface area contributed by atoms with Crippen molar-refractivity contribution in [2.45, 2.75) is 26.1 Å². The van der Waals surface area contributed by atoms with Crippen molar-refractivity contribution in [1.29, 1.82) is 0 Å². The minimum atomic E-state index is -4.84. The first-order valence-electron chi connectivity index (χ1n) is 9.23. The Balaban J connectivity index is 1.94. The van der Waals surface area contributed by atoms with Crippen LogP contribution in [-0.2, 0) is 20.4 Å². The number of rotatable bonds is 5. The summed E-state index contributed by atoms with van der Waals surface area (Å²) >= 11 is 0. The summed E-state index contributed by atoms with van der Waals surface area (Å²) in [6, 6.07) is 4.11. The molecule has 0 saturated heterocycles. The maximum absolute atomic E-state index is 13.7. The molecule has 164 valence electrons. The second-order valence-corrected chi connectivity index (χ2v) is 6.57. The normalized spacial score (nSPS) is 16.5. The van der Waals surface area contributed by atoms with Crippen LogP contribution in [0, 0.1) is 0 Å². The summed E-state index contributed by atoms with van der Waals surface area (Å²) < 4.78 is 51.1. The number of benzene rings is 1. The van der Waals surface area contributed by atoms with Gasteiger partial charge in [0, 0.05) is 11.6 Å². The summed E-state index contributed by atoms with van der Waals surface area (Å²) in [6.45, 7) is 2.52. The zero-order valence-corrected chi connectivity index (χ0v) is 16.5. The topological polar surface area (TPSA) is 107 Å². The van der Waals surface area contributed by atoms with Gasteiger partial charge in [-0.1, -0.05) is 18.2 Å². The van der Waals surface area contributed by atoms with Crippen molar-refractivity contribution >= 4 is 28.9 Å². The smallest absolute Gasteiger partial charge is 0.417 e. The number of urea groups is 1. The van der Waals surface area contributed by atoms with Crippen LogP contribution in [0.15, 0.2) is 41.7 Å². The van der Waals surface area contributed by atoms with Gasteiger partial charge in [0.2, 0.25) is 0 Å². The van der Waals surface area contributed by atoms with E-state index in [0.29, 0.717) is 0 Å². The molecule has 31 heavy (non-hydrogen) atoms. The molecule has 2 heterocycles. The lowest BCUT2D eigenvalue weighted by Crippen LogP contribution is -2.50. The number of ether oxygens (including phenoxy) is 2. The van der Waals surface area contributed by atoms with Crippen LogP contribution in [0.5, 0.6) is 0 Å². The highest BCUT2D eigenvalue weighted by Crippen LogP contribution is 2.37. The third-order valence-corrected chi connectivity index (χ3v) is 4.49. The van der Waals surface area contributed by atoms with E-state index in [9.17, 15) is 27.6 Å². The predicted octanol–water partition coefficient (Wildman–Crippen LogP) is 2.93. The average molecular weight is 437 g/mol. The fourth-order valence-corrected chi connectivity index (χ4v) is 3.21. The van der Waals surface area contributed by atoms with E-state index in [4.69, 9.17) is 9.47 Å². The van der Waals surface area contributed by atoms with Crippen LogP contribution in [0.4, 0.5) is 18.0 Å². The van der Waals surface area contributed by atoms with Crippen molar-refractivity contribution in [2.24, 2.45) is 0 Å². The summed E-state index contributed by atoms with van der Waals surface area (Å²) in [5.74, 6) is -2.06. The lowest BCUT2D eigenvalue weighted by molar-refractivity contribution is -0.139. The number of alkyl halides is 3. The van der Waals surface area contributed by atoms with Crippen molar-refractivity contribution in [3.63, 3.8) is 0 Å². The van der Waals surface area contributed by atoms with Gasteiger partial charge < -0.3 is 20.1 Å². The summed E-state index contributed by atoms with van der Waals surface area (Å²) in [7, 11) is 0. The van der Waals surface area contributed by atoms with E-state index in [1.54, 1.807) is 6.92 Å². The number of carbonyl (C=O) groups is 3. The van der Waals surface area contributed by atoms with Gasteiger partial charge in [0.05, 0.1) is 40.6 Å². The number of fused-ring (bicyclic) bond motifs is 1. The van der Waals surface area contributed by atoms with Gasteiger partial charge in [-0.3, -0.25) is 4.98 Å². The molecule has 0 radical (unpaired) electrons. The standard InChI is InChI=1S/C20H18F3N3O5/c1-3-30-18(28)15-10(2)25-19(29)26-14(15)9-31-17(27)12-8-24-13-7-5-4-6-11(13)16(12)20(21,22)23/h4-8,10H,3,9H2,1-2H3,(H2,25,26,29)/t10-/m0/s1. The molecule has 11 heteroatoms. The number of amides is 2. The molecule has 1 aliphatic heterocycles. The molecule has 1 aliphatic rings. The van der Waals surface area contributed by atoms with E-state index >= 15 is 0 Å². The van der Waals surface area contributed by atoms with Gasteiger partial charge >= 0.3 is 24.1 Å². The fraction of sp³-hybridized carbons (Fsp3) is 0.300. The molecule has 0 fully saturated rings. The molecule has 0 spiro atoms. The third kappa shape index (κ3) is 4.60. The van der Waals surface area contributed by atoms with Gasteiger partial charge in [-0.25, -0.2) is 14.4 Å². The lowest BCUT2D eigenvalue weighted by Gasteiger charge is -2.26. The molecular formula is C20H18F3N3O5. The largest absolute Gasteiger partial charge is 0.463 e. The van der Waals surface area contributed by atoms with E-state index in [1.165, 1.54) is 31.2 Å². The number of para-hydroxylation sites is 1. The Bertz CT molecular complexity index is 1080. The fourth-order valence-electron chi connectivity index (χ4n) is 3.21. The lowest BCUT2D eigenvalue weighted by atomic mass is 10.0. The number of hydrogen-bond donors (Lipinski definition) is 2. The second-order valence-electron chi connectivity index (χ2n) is 6.57. The summed E-state index contributed by atoms with van der Waals surface area (Å²) in [6.07, 6.45) is -4.05. The number of esters is 2. The molecule has 0 aliphatic carbocycles. The van der Waals surface area contributed by atoms with E-state index in [-0.39, 0.29) is 28.8 Å². The maximum Gasteiger partial charge on any atom is 0.417 e. The van der Waals surface area contributed by atoms with Crippen molar-refractivity contribution in [3.8, 4) is 0 Å². The number of nitrogens with one attached hydrogen (secondary N) is 2. The monoisotopic (exact) mass is 437 g/mol. The zero-order chi connectivity index (χ0) is 22.8. The molecule has 1 atom stereocenters. The Labute approximate surface area is 174 Å². The van der Waals surface area contributed by atoms with Crippen LogP contribution >= 0.6 is 0 Å². The predicted molar refractivity (Wildman–Crippen MR) is 102 cm³/mol. The highest BCUT2D eigenvalue weighted by Gasteiger charge is 2.38. The molecule has 1 aromatic heterocycles. The van der Waals surface area contributed by atoms with Gasteiger partial charge in [-0.15, -0.1) is 0 Å². The van der Waals surface area contributed by atoms with E-state index in [0.717, 1.165) is 6.20 Å². The molecule has 2 amide bonds. The molecule has 2 N–H and O–H groups in total. The zero-order valence-electron chi connectivity index (χ0n) is 16.5. The Morgan fingerprint density at radius 1 is 1.16 bits per heavy atom. The summed E-state index contributed by atoms with van der Waals surface area (Å²) in [5.41, 5.74) is -1.96. The van der Waals surface area contributed by atoms with E-state index in [2.05, 4.69) is 15.6 Å². The highest BCUT2D eigenvalue weighted by molar-refractivity contribution is 5.98. The molecular weight excluding hydrogens is 419 g/mol. The van der Waals surface area contributed by atoms with Crippen LogP contribution in [0.25, 0.3) is 10.9 Å². The molecule has 3 rings (SSSR count). The number of aromatic nitrogens is 1. The molecule has 0 bridgehead atoms. The van der Waals surface area contributed by atoms with Crippen molar-refractivity contribution in [3.05, 3.63) is 52.9 Å². The van der Waals surface area contributed by atoms with Crippen LogP contribution in [0.1, 0.15) is 29.8 Å². The molecule has 1 aromatic carbocycles. The van der Waals surface area contributed by atoms with Gasteiger partial charge in [0.15, 0.2) is 0 Å². The van der Waals surface area contributed by atoms with Gasteiger partial charge in [-0.2, -0.15) is 13.2 Å². The summed E-state index contributed by atoms with van der Waals surface area (Å²) in [5, 5.41) is 4.54. The van der Waals surface area contributed by atoms with Crippen molar-refractivity contribution in [1.82, 2.24) is 15.6 Å². The Morgan fingerprint density at radius 2 is 1.87 bits per heavy atom. The molecule has 2 aromatic rings. The van der Waals surface area contributed by atoms with Gasteiger partial charge in [0.1, 0.15) is 6.61 Å². The van der Waals surface area contributed by atoms with Crippen molar-refractivity contribution in [2.75, 3.05) is 13.2 Å². The van der Waals surface area contributed by atoms with Crippen LogP contribution in [0.2, 0.25) is 0 Å². The maximum atomic E-state index is 13.7. The number of pyridine rings is 1. The van der Waals surface area contributed by atoms with Gasteiger partial charge in [0.25, 0.3) is 0 Å². The Hall–Kier alpha value is -3.63. The summed E-state index contributed by atoms with van der Waals surface area (Å²) in [4.78, 5) is 40.4. The first-order valence-corrected chi connectivity index (χ1v) is 9.23. The first-order chi connectivity index (χ1) is 14.6. The van der Waals surface area contributed by atoms with E-state index in [1.807, 2.05) is 0 Å². The number of nitrogens with zero attached hydrogens (tertiary/aromatic N) is 1. The quantitative estimate of drug-likeness (QED) is 0.697. The Kier molecular flexibility index (Phi) is 6.14. The minimum Gasteiger partial charge on any atom is -0.463 e. The minimum absolute atomic E-state index is 0.00179. The van der Waals surface area contributed by atoms with E-state index < -0.39 is 47.9 Å². The highest BCUT2D eigenvalue weighted by atomic mass is 19.4. The average Bonchev–Trinajstić information content (AvgIpc) is 2.70. The first kappa shape index (κ1) is 22.1. The second kappa shape index (κ2) is 8.62. The van der Waals surface area contributed by atoms with Crippen molar-refractivity contribution < 1.29 is 37.0 Å². The van der Waals surface area contributed by atoms with Crippen LogP contribution < -0.4 is 10.6 Å². The molecule has 0 unspecified atom stereocenters. The molecule has 0 saturated carbocycles. The Morgan fingerprint density at radius 3 is 2.55 bits per heavy atom. The number of halogens is 3. The molecule has 8 nitrogen and oxygen atoms in total. The third-order valence-electron chi connectivity index (χ3n) is 4.49. The van der Waals surface area contributed by atoms with Crippen LogP contribution in [-0.4, -0.2) is 42.2 Å². The SMILES string of the molecule is CCOC(=O)C1=C(COC(=O)c2cnc3ccccc3c2C(F)(F)F)NC(=O)N[C@H]1C.